The Balaban J connectivity index is 1.53. The molecular weight excluding hydrogens is 318 g/mol. The number of carbonyl (C=O) groups excluding carboxylic acids is 1. The molecule has 3 rings (SSSR count). The average Bonchev–Trinajstić information content (AvgIpc) is 3.18. The molecule has 4 nitrogen and oxygen atoms in total. The van der Waals surface area contributed by atoms with Gasteiger partial charge in [-0.05, 0) is 59.8 Å². The summed E-state index contributed by atoms with van der Waals surface area (Å²) in [6.07, 6.45) is 3.90. The van der Waals surface area contributed by atoms with Gasteiger partial charge in [-0.2, -0.15) is 0 Å². The molecular formula is C15H20BrN3O. The van der Waals surface area contributed by atoms with Gasteiger partial charge in [-0.1, -0.05) is 6.07 Å². The van der Waals surface area contributed by atoms with Gasteiger partial charge >= 0.3 is 0 Å². The van der Waals surface area contributed by atoms with Crippen LogP contribution in [0.3, 0.4) is 0 Å². The van der Waals surface area contributed by atoms with Crippen molar-refractivity contribution in [2.75, 3.05) is 25.4 Å². The number of hydrogen-bond donors (Lipinski definition) is 2. The van der Waals surface area contributed by atoms with Crippen molar-refractivity contribution in [3.63, 3.8) is 0 Å². The fraction of sp³-hybridized carbons (Fsp3) is 0.533. The molecule has 1 saturated carbocycles. The summed E-state index contributed by atoms with van der Waals surface area (Å²) >= 11 is 3.38. The maximum atomic E-state index is 12.2. The fourth-order valence-corrected chi connectivity index (χ4v) is 3.30. The molecule has 1 amide bonds. The van der Waals surface area contributed by atoms with Crippen molar-refractivity contribution in [1.82, 2.24) is 10.2 Å². The molecule has 1 saturated heterocycles. The smallest absolute Gasteiger partial charge is 0.252 e. The highest BCUT2D eigenvalue weighted by molar-refractivity contribution is 9.10. The minimum Gasteiger partial charge on any atom is -0.398 e. The Kier molecular flexibility index (Phi) is 3.98. The van der Waals surface area contributed by atoms with Gasteiger partial charge in [0.2, 0.25) is 0 Å². The van der Waals surface area contributed by atoms with Crippen LogP contribution in [0.2, 0.25) is 0 Å². The normalized spacial score (nSPS) is 22.9. The molecule has 1 unspecified atom stereocenters. The third kappa shape index (κ3) is 2.99. The van der Waals surface area contributed by atoms with E-state index in [-0.39, 0.29) is 5.91 Å². The molecule has 1 aliphatic heterocycles. The first kappa shape index (κ1) is 13.9. The number of benzene rings is 1. The van der Waals surface area contributed by atoms with E-state index < -0.39 is 0 Å². The molecule has 0 aromatic heterocycles. The molecule has 0 bridgehead atoms. The van der Waals surface area contributed by atoms with Crippen molar-refractivity contribution in [2.45, 2.75) is 25.3 Å². The number of anilines is 1. The average molecular weight is 338 g/mol. The van der Waals surface area contributed by atoms with Gasteiger partial charge in [0, 0.05) is 24.8 Å². The van der Waals surface area contributed by atoms with Crippen LogP contribution in [0.1, 0.15) is 29.6 Å². The van der Waals surface area contributed by atoms with Crippen LogP contribution in [0.4, 0.5) is 5.69 Å². The van der Waals surface area contributed by atoms with Crippen LogP contribution in [0.15, 0.2) is 22.7 Å². The van der Waals surface area contributed by atoms with E-state index in [1.54, 1.807) is 18.2 Å². The number of rotatable bonds is 4. The Morgan fingerprint density at radius 2 is 2.20 bits per heavy atom. The predicted molar refractivity (Wildman–Crippen MR) is 83.6 cm³/mol. The van der Waals surface area contributed by atoms with Crippen molar-refractivity contribution in [3.8, 4) is 0 Å². The van der Waals surface area contributed by atoms with Crippen molar-refractivity contribution < 1.29 is 4.79 Å². The molecule has 3 N–H and O–H groups in total. The lowest BCUT2D eigenvalue weighted by molar-refractivity contribution is 0.0946. The van der Waals surface area contributed by atoms with E-state index in [0.29, 0.717) is 21.6 Å². The van der Waals surface area contributed by atoms with E-state index in [2.05, 4.69) is 26.1 Å². The molecule has 0 spiro atoms. The third-order valence-corrected chi connectivity index (χ3v) is 5.09. The van der Waals surface area contributed by atoms with Crippen LogP contribution in [0, 0.1) is 5.92 Å². The largest absolute Gasteiger partial charge is 0.398 e. The third-order valence-electron chi connectivity index (χ3n) is 4.21. The van der Waals surface area contributed by atoms with Gasteiger partial charge in [-0.25, -0.2) is 0 Å². The second-order valence-electron chi connectivity index (χ2n) is 5.80. The zero-order chi connectivity index (χ0) is 14.1. The Bertz CT molecular complexity index is 516. The Morgan fingerprint density at radius 3 is 2.95 bits per heavy atom. The maximum absolute atomic E-state index is 12.2. The first-order chi connectivity index (χ1) is 9.65. The summed E-state index contributed by atoms with van der Waals surface area (Å²) in [6.45, 7) is 3.07. The molecule has 1 atom stereocenters. The van der Waals surface area contributed by atoms with Crippen molar-refractivity contribution in [3.05, 3.63) is 28.2 Å². The SMILES string of the molecule is Nc1cccc(C(=O)NCC2CCN(C3CC3)C2)c1Br. The van der Waals surface area contributed by atoms with Gasteiger partial charge in [0.25, 0.3) is 5.91 Å². The molecule has 20 heavy (non-hydrogen) atoms. The molecule has 5 heteroatoms. The molecule has 2 fully saturated rings. The lowest BCUT2D eigenvalue weighted by Gasteiger charge is -2.15. The first-order valence-corrected chi connectivity index (χ1v) is 8.00. The Hall–Kier alpha value is -1.07. The summed E-state index contributed by atoms with van der Waals surface area (Å²) < 4.78 is 0.684. The molecule has 2 aliphatic rings. The van der Waals surface area contributed by atoms with E-state index in [9.17, 15) is 4.79 Å². The number of amides is 1. The van der Waals surface area contributed by atoms with Crippen LogP contribution in [0.5, 0.6) is 0 Å². The second-order valence-corrected chi connectivity index (χ2v) is 6.59. The quantitative estimate of drug-likeness (QED) is 0.828. The van der Waals surface area contributed by atoms with Crippen LogP contribution < -0.4 is 11.1 Å². The lowest BCUT2D eigenvalue weighted by atomic mass is 10.1. The van der Waals surface area contributed by atoms with Crippen LogP contribution in [-0.4, -0.2) is 36.5 Å². The summed E-state index contributed by atoms with van der Waals surface area (Å²) in [5.41, 5.74) is 7.01. The van der Waals surface area contributed by atoms with Crippen molar-refractivity contribution in [1.29, 1.82) is 0 Å². The van der Waals surface area contributed by atoms with E-state index in [4.69, 9.17) is 5.73 Å². The summed E-state index contributed by atoms with van der Waals surface area (Å²) in [6, 6.07) is 6.21. The standard InChI is InChI=1S/C15H20BrN3O/c16-14-12(2-1-3-13(14)17)15(20)18-8-10-6-7-19(9-10)11-4-5-11/h1-3,10-11H,4-9,17H2,(H,18,20). The lowest BCUT2D eigenvalue weighted by Crippen LogP contribution is -2.31. The highest BCUT2D eigenvalue weighted by Crippen LogP contribution is 2.31. The second kappa shape index (κ2) is 5.74. The maximum Gasteiger partial charge on any atom is 0.252 e. The van der Waals surface area contributed by atoms with E-state index in [0.717, 1.165) is 19.1 Å². The number of likely N-dealkylation sites (tertiary alicyclic amines) is 1. The zero-order valence-electron chi connectivity index (χ0n) is 11.4. The molecule has 1 aromatic carbocycles. The molecule has 1 aromatic rings. The van der Waals surface area contributed by atoms with Crippen molar-refractivity contribution >= 4 is 27.5 Å². The first-order valence-electron chi connectivity index (χ1n) is 7.21. The summed E-state index contributed by atoms with van der Waals surface area (Å²) in [5.74, 6) is 0.536. The number of nitrogen functional groups attached to an aromatic ring is 1. The highest BCUT2D eigenvalue weighted by atomic mass is 79.9. The number of nitrogens with two attached hydrogens (primary N) is 1. The summed E-state index contributed by atoms with van der Waals surface area (Å²) in [7, 11) is 0. The number of carbonyl (C=O) groups is 1. The van der Waals surface area contributed by atoms with Crippen LogP contribution in [-0.2, 0) is 0 Å². The molecule has 0 radical (unpaired) electrons. The van der Waals surface area contributed by atoms with E-state index >= 15 is 0 Å². The number of halogens is 1. The molecule has 1 heterocycles. The fourth-order valence-electron chi connectivity index (χ4n) is 2.86. The number of nitrogens with one attached hydrogen (secondary N) is 1. The Labute approximate surface area is 127 Å². The Morgan fingerprint density at radius 1 is 1.40 bits per heavy atom. The summed E-state index contributed by atoms with van der Waals surface area (Å²) in [5, 5.41) is 3.04. The topological polar surface area (TPSA) is 58.4 Å². The van der Waals surface area contributed by atoms with Gasteiger partial charge in [-0.3, -0.25) is 4.79 Å². The highest BCUT2D eigenvalue weighted by Gasteiger charge is 2.34. The predicted octanol–water partition coefficient (Wildman–Crippen LogP) is 2.25. The zero-order valence-corrected chi connectivity index (χ0v) is 13.0. The molecule has 1 aliphatic carbocycles. The van der Waals surface area contributed by atoms with Crippen molar-refractivity contribution in [2.24, 2.45) is 5.92 Å². The summed E-state index contributed by atoms with van der Waals surface area (Å²) in [4.78, 5) is 14.8. The van der Waals surface area contributed by atoms with Crippen LogP contribution in [0.25, 0.3) is 0 Å². The van der Waals surface area contributed by atoms with Gasteiger partial charge in [-0.15, -0.1) is 0 Å². The van der Waals surface area contributed by atoms with E-state index in [1.807, 2.05) is 0 Å². The minimum absolute atomic E-state index is 0.0472. The monoisotopic (exact) mass is 337 g/mol. The minimum atomic E-state index is -0.0472. The molecule has 108 valence electrons. The van der Waals surface area contributed by atoms with Crippen LogP contribution >= 0.6 is 15.9 Å². The van der Waals surface area contributed by atoms with Gasteiger partial charge in [0.1, 0.15) is 0 Å². The van der Waals surface area contributed by atoms with Gasteiger partial charge in [0.05, 0.1) is 10.0 Å². The van der Waals surface area contributed by atoms with E-state index in [1.165, 1.54) is 25.8 Å². The van der Waals surface area contributed by atoms with Gasteiger partial charge in [0.15, 0.2) is 0 Å². The number of hydrogen-bond acceptors (Lipinski definition) is 3. The van der Waals surface area contributed by atoms with Gasteiger partial charge < -0.3 is 16.0 Å². The number of nitrogens with zero attached hydrogens (tertiary/aromatic N) is 1.